The van der Waals surface area contributed by atoms with Crippen LogP contribution in [0.25, 0.3) is 0 Å². The highest BCUT2D eigenvalue weighted by Crippen LogP contribution is 2.16. The fourth-order valence-corrected chi connectivity index (χ4v) is 2.35. The van der Waals surface area contributed by atoms with E-state index in [1.54, 1.807) is 31.2 Å². The van der Waals surface area contributed by atoms with Crippen molar-refractivity contribution < 1.29 is 17.9 Å². The second kappa shape index (κ2) is 7.12. The maximum absolute atomic E-state index is 12.1. The van der Waals surface area contributed by atoms with Gasteiger partial charge in [-0.25, -0.2) is 13.6 Å². The Balaban J connectivity index is 1.99. The van der Waals surface area contributed by atoms with Crippen molar-refractivity contribution in [2.75, 3.05) is 5.32 Å². The molecule has 1 atom stereocenters. The summed E-state index contributed by atoms with van der Waals surface area (Å²) in [7, 11) is -3.77. The molecule has 0 aromatic heterocycles. The lowest BCUT2D eigenvalue weighted by molar-refractivity contribution is -0.122. The number of amides is 1. The summed E-state index contributed by atoms with van der Waals surface area (Å²) in [6.45, 7) is 1.58. The molecule has 0 fully saturated rings. The minimum Gasteiger partial charge on any atom is -0.481 e. The Hall–Kier alpha value is -2.89. The first-order valence-electron chi connectivity index (χ1n) is 6.90. The van der Waals surface area contributed by atoms with Crippen LogP contribution in [-0.2, 0) is 14.8 Å². The molecule has 7 nitrogen and oxygen atoms in total. The van der Waals surface area contributed by atoms with Crippen LogP contribution in [0, 0.1) is 11.3 Å². The summed E-state index contributed by atoms with van der Waals surface area (Å²) in [6, 6.07) is 13.8. The number of rotatable bonds is 5. The molecule has 24 heavy (non-hydrogen) atoms. The molecule has 2 aromatic carbocycles. The van der Waals surface area contributed by atoms with E-state index in [0.29, 0.717) is 17.0 Å². The molecule has 0 bridgehead atoms. The first-order valence-corrected chi connectivity index (χ1v) is 8.45. The van der Waals surface area contributed by atoms with Crippen molar-refractivity contribution in [3.63, 3.8) is 0 Å². The third kappa shape index (κ3) is 4.55. The van der Waals surface area contributed by atoms with Crippen molar-refractivity contribution in [1.82, 2.24) is 0 Å². The van der Waals surface area contributed by atoms with Crippen molar-refractivity contribution in [3.05, 3.63) is 54.1 Å². The van der Waals surface area contributed by atoms with Gasteiger partial charge in [-0.3, -0.25) is 4.79 Å². The summed E-state index contributed by atoms with van der Waals surface area (Å²) in [5.74, 6) is 0.0592. The lowest BCUT2D eigenvalue weighted by atomic mass is 10.2. The van der Waals surface area contributed by atoms with E-state index >= 15 is 0 Å². The van der Waals surface area contributed by atoms with Gasteiger partial charge in [0.05, 0.1) is 16.5 Å². The number of nitriles is 1. The maximum atomic E-state index is 12.1. The number of anilines is 1. The predicted octanol–water partition coefficient (Wildman–Crippen LogP) is 1.61. The highest BCUT2D eigenvalue weighted by Gasteiger charge is 2.15. The van der Waals surface area contributed by atoms with Gasteiger partial charge in [0.1, 0.15) is 5.75 Å². The SMILES string of the molecule is C[C@H](Oc1ccc(C#N)cc1)C(=O)Nc1ccc(S(N)(=O)=O)cc1. The molecule has 0 aliphatic carbocycles. The second-order valence-electron chi connectivity index (χ2n) is 4.95. The van der Waals surface area contributed by atoms with Gasteiger partial charge < -0.3 is 10.1 Å². The second-order valence-corrected chi connectivity index (χ2v) is 6.52. The summed E-state index contributed by atoms with van der Waals surface area (Å²) in [5, 5.41) is 16.4. The van der Waals surface area contributed by atoms with Gasteiger partial charge in [-0.05, 0) is 55.5 Å². The molecule has 0 aliphatic rings. The van der Waals surface area contributed by atoms with Gasteiger partial charge in [0.15, 0.2) is 6.10 Å². The van der Waals surface area contributed by atoms with Crippen LogP contribution in [-0.4, -0.2) is 20.4 Å². The van der Waals surface area contributed by atoms with E-state index in [-0.39, 0.29) is 4.90 Å². The van der Waals surface area contributed by atoms with E-state index in [0.717, 1.165) is 0 Å². The smallest absolute Gasteiger partial charge is 0.265 e. The van der Waals surface area contributed by atoms with E-state index < -0.39 is 22.0 Å². The van der Waals surface area contributed by atoms with Crippen LogP contribution in [0.3, 0.4) is 0 Å². The topological polar surface area (TPSA) is 122 Å². The van der Waals surface area contributed by atoms with Crippen molar-refractivity contribution in [2.45, 2.75) is 17.9 Å². The quantitative estimate of drug-likeness (QED) is 0.852. The Bertz CT molecular complexity index is 869. The lowest BCUT2D eigenvalue weighted by Crippen LogP contribution is -2.30. The third-order valence-electron chi connectivity index (χ3n) is 3.12. The molecule has 0 heterocycles. The molecule has 2 rings (SSSR count). The number of carbonyl (C=O) groups is 1. The summed E-state index contributed by atoms with van der Waals surface area (Å²) in [4.78, 5) is 12.1. The number of sulfonamides is 1. The summed E-state index contributed by atoms with van der Waals surface area (Å²) >= 11 is 0. The highest BCUT2D eigenvalue weighted by molar-refractivity contribution is 7.89. The van der Waals surface area contributed by atoms with E-state index in [9.17, 15) is 13.2 Å². The highest BCUT2D eigenvalue weighted by atomic mass is 32.2. The van der Waals surface area contributed by atoms with E-state index in [4.69, 9.17) is 15.1 Å². The number of nitrogens with one attached hydrogen (secondary N) is 1. The van der Waals surface area contributed by atoms with E-state index in [1.807, 2.05) is 6.07 Å². The molecule has 0 saturated heterocycles. The standard InChI is InChI=1S/C16H15N3O4S/c1-11(23-14-6-2-12(10-17)3-7-14)16(20)19-13-4-8-15(9-5-13)24(18,21)22/h2-9,11H,1H3,(H,19,20)(H2,18,21,22)/t11-/m0/s1. The lowest BCUT2D eigenvalue weighted by Gasteiger charge is -2.15. The van der Waals surface area contributed by atoms with Crippen molar-refractivity contribution in [1.29, 1.82) is 5.26 Å². The van der Waals surface area contributed by atoms with Gasteiger partial charge in [0.25, 0.3) is 5.91 Å². The fraction of sp³-hybridized carbons (Fsp3) is 0.125. The maximum Gasteiger partial charge on any atom is 0.265 e. The van der Waals surface area contributed by atoms with Crippen LogP contribution in [0.5, 0.6) is 5.75 Å². The van der Waals surface area contributed by atoms with E-state index in [2.05, 4.69) is 5.32 Å². The summed E-state index contributed by atoms with van der Waals surface area (Å²) < 4.78 is 27.8. The van der Waals surface area contributed by atoms with Crippen LogP contribution in [0.1, 0.15) is 12.5 Å². The van der Waals surface area contributed by atoms with Crippen molar-refractivity contribution in [3.8, 4) is 11.8 Å². The van der Waals surface area contributed by atoms with Gasteiger partial charge in [-0.1, -0.05) is 0 Å². The molecule has 124 valence electrons. The minimum atomic E-state index is -3.77. The molecule has 2 aromatic rings. The molecule has 0 unspecified atom stereocenters. The zero-order chi connectivity index (χ0) is 17.7. The van der Waals surface area contributed by atoms with Crippen molar-refractivity contribution >= 4 is 21.6 Å². The Morgan fingerprint density at radius 2 is 1.75 bits per heavy atom. The van der Waals surface area contributed by atoms with Crippen LogP contribution >= 0.6 is 0 Å². The number of hydrogen-bond acceptors (Lipinski definition) is 5. The molecule has 1 amide bonds. The number of hydrogen-bond donors (Lipinski definition) is 2. The van der Waals surface area contributed by atoms with Crippen LogP contribution in [0.15, 0.2) is 53.4 Å². The fourth-order valence-electron chi connectivity index (χ4n) is 1.84. The van der Waals surface area contributed by atoms with E-state index in [1.165, 1.54) is 24.3 Å². The zero-order valence-corrected chi connectivity index (χ0v) is 13.6. The third-order valence-corrected chi connectivity index (χ3v) is 4.05. The van der Waals surface area contributed by atoms with Crippen LogP contribution in [0.4, 0.5) is 5.69 Å². The molecule has 0 spiro atoms. The Kier molecular flexibility index (Phi) is 5.18. The molecule has 0 radical (unpaired) electrons. The number of carbonyl (C=O) groups excluding carboxylic acids is 1. The number of benzene rings is 2. The van der Waals surface area contributed by atoms with Gasteiger partial charge >= 0.3 is 0 Å². The molecule has 3 N–H and O–H groups in total. The average Bonchev–Trinajstić information content (AvgIpc) is 2.55. The predicted molar refractivity (Wildman–Crippen MR) is 87.7 cm³/mol. The molecule has 0 saturated carbocycles. The summed E-state index contributed by atoms with van der Waals surface area (Å²) in [6.07, 6.45) is -0.782. The first-order chi connectivity index (χ1) is 11.3. The molecular weight excluding hydrogens is 330 g/mol. The zero-order valence-electron chi connectivity index (χ0n) is 12.8. The van der Waals surface area contributed by atoms with Gasteiger partial charge in [-0.2, -0.15) is 5.26 Å². The normalized spacial score (nSPS) is 12.0. The number of primary sulfonamides is 1. The molecule has 8 heteroatoms. The van der Waals surface area contributed by atoms with Gasteiger partial charge in [-0.15, -0.1) is 0 Å². The number of nitrogens with zero attached hydrogens (tertiary/aromatic N) is 1. The Morgan fingerprint density at radius 1 is 1.17 bits per heavy atom. The summed E-state index contributed by atoms with van der Waals surface area (Å²) in [5.41, 5.74) is 0.914. The molecule has 0 aliphatic heterocycles. The average molecular weight is 345 g/mol. The molecular formula is C16H15N3O4S. The minimum absolute atomic E-state index is 0.0395. The van der Waals surface area contributed by atoms with Gasteiger partial charge in [0.2, 0.25) is 10.0 Å². The number of ether oxygens (including phenoxy) is 1. The Morgan fingerprint density at radius 3 is 2.25 bits per heavy atom. The van der Waals surface area contributed by atoms with Crippen LogP contribution < -0.4 is 15.2 Å². The van der Waals surface area contributed by atoms with Crippen LogP contribution in [0.2, 0.25) is 0 Å². The largest absolute Gasteiger partial charge is 0.481 e. The monoisotopic (exact) mass is 345 g/mol. The van der Waals surface area contributed by atoms with Gasteiger partial charge in [0, 0.05) is 5.69 Å². The van der Waals surface area contributed by atoms with Crippen molar-refractivity contribution in [2.24, 2.45) is 5.14 Å². The Labute approximate surface area is 139 Å². The first kappa shape index (κ1) is 17.5. The number of nitrogens with two attached hydrogens (primary N) is 1.